The molecule has 0 N–H and O–H groups in total. The second kappa shape index (κ2) is 5.47. The monoisotopic (exact) mass is 199 g/mol. The zero-order valence-corrected chi connectivity index (χ0v) is 9.45. The highest BCUT2D eigenvalue weighted by Crippen LogP contribution is 2.22. The van der Waals surface area contributed by atoms with Crippen LogP contribution in [0.4, 0.5) is 0 Å². The Bertz CT molecular complexity index is 194. The average Bonchev–Trinajstić information content (AvgIpc) is 2.13. The molecule has 0 radical (unpaired) electrons. The van der Waals surface area contributed by atoms with Crippen LogP contribution in [0.2, 0.25) is 0 Å². The van der Waals surface area contributed by atoms with E-state index in [0.717, 1.165) is 6.54 Å². The van der Waals surface area contributed by atoms with Gasteiger partial charge in [0.05, 0.1) is 6.54 Å². The molecule has 82 valence electrons. The maximum atomic E-state index is 11.4. The Hall–Kier alpha value is -0.410. The number of methoxy groups -OCH3 is 1. The van der Waals surface area contributed by atoms with Crippen molar-refractivity contribution in [3.05, 3.63) is 0 Å². The van der Waals surface area contributed by atoms with Crippen molar-refractivity contribution in [1.82, 2.24) is 4.90 Å². The van der Waals surface area contributed by atoms with Gasteiger partial charge in [-0.05, 0) is 32.2 Å². The molecule has 1 aliphatic rings. The van der Waals surface area contributed by atoms with Crippen LogP contribution in [0.5, 0.6) is 0 Å². The number of ketones is 1. The SMILES string of the molecule is COCC(=O)CN1CCCC(C)C1C. The normalized spacial score (nSPS) is 29.1. The lowest BCUT2D eigenvalue weighted by Gasteiger charge is -2.37. The predicted molar refractivity (Wildman–Crippen MR) is 56.3 cm³/mol. The van der Waals surface area contributed by atoms with E-state index in [1.165, 1.54) is 12.8 Å². The van der Waals surface area contributed by atoms with Crippen LogP contribution in [0, 0.1) is 5.92 Å². The molecule has 0 saturated carbocycles. The molecule has 3 nitrogen and oxygen atoms in total. The van der Waals surface area contributed by atoms with Crippen molar-refractivity contribution in [2.45, 2.75) is 32.7 Å². The van der Waals surface area contributed by atoms with Gasteiger partial charge in [-0.1, -0.05) is 6.92 Å². The second-order valence-corrected chi connectivity index (χ2v) is 4.30. The molecule has 1 heterocycles. The summed E-state index contributed by atoms with van der Waals surface area (Å²) in [4.78, 5) is 13.7. The van der Waals surface area contributed by atoms with Gasteiger partial charge in [0.2, 0.25) is 0 Å². The Balaban J connectivity index is 2.39. The molecule has 0 aromatic heterocycles. The van der Waals surface area contributed by atoms with Crippen LogP contribution in [0.3, 0.4) is 0 Å². The molecule has 0 amide bonds. The summed E-state index contributed by atoms with van der Waals surface area (Å²) >= 11 is 0. The summed E-state index contributed by atoms with van der Waals surface area (Å²) in [7, 11) is 1.57. The van der Waals surface area contributed by atoms with Gasteiger partial charge in [0, 0.05) is 13.2 Å². The average molecular weight is 199 g/mol. The van der Waals surface area contributed by atoms with Crippen molar-refractivity contribution in [1.29, 1.82) is 0 Å². The first kappa shape index (κ1) is 11.7. The van der Waals surface area contributed by atoms with Gasteiger partial charge in [0.1, 0.15) is 6.61 Å². The lowest BCUT2D eigenvalue weighted by molar-refractivity contribution is -0.124. The van der Waals surface area contributed by atoms with Gasteiger partial charge in [-0.15, -0.1) is 0 Å². The van der Waals surface area contributed by atoms with Crippen molar-refractivity contribution >= 4 is 5.78 Å². The Morgan fingerprint density at radius 3 is 2.86 bits per heavy atom. The number of carbonyl (C=O) groups is 1. The minimum absolute atomic E-state index is 0.188. The van der Waals surface area contributed by atoms with Gasteiger partial charge in [0.15, 0.2) is 5.78 Å². The van der Waals surface area contributed by atoms with Crippen molar-refractivity contribution in [3.8, 4) is 0 Å². The van der Waals surface area contributed by atoms with E-state index >= 15 is 0 Å². The van der Waals surface area contributed by atoms with E-state index in [0.29, 0.717) is 18.5 Å². The third-order valence-electron chi connectivity index (χ3n) is 3.19. The molecule has 1 fully saturated rings. The molecule has 3 heteroatoms. The molecule has 0 spiro atoms. The Labute approximate surface area is 86.4 Å². The maximum Gasteiger partial charge on any atom is 0.172 e. The number of ether oxygens (including phenoxy) is 1. The van der Waals surface area contributed by atoms with Crippen LogP contribution < -0.4 is 0 Å². The summed E-state index contributed by atoms with van der Waals surface area (Å²) in [5.41, 5.74) is 0. The number of Topliss-reactive ketones (excluding diaryl/α,β-unsaturated/α-hetero) is 1. The van der Waals surface area contributed by atoms with E-state index in [4.69, 9.17) is 4.74 Å². The lowest BCUT2D eigenvalue weighted by atomic mass is 9.92. The minimum atomic E-state index is 0.188. The minimum Gasteiger partial charge on any atom is -0.377 e. The number of carbonyl (C=O) groups excluding carboxylic acids is 1. The van der Waals surface area contributed by atoms with Gasteiger partial charge in [-0.25, -0.2) is 0 Å². The van der Waals surface area contributed by atoms with E-state index < -0.39 is 0 Å². The number of rotatable bonds is 4. The van der Waals surface area contributed by atoms with E-state index in [-0.39, 0.29) is 12.4 Å². The number of likely N-dealkylation sites (tertiary alicyclic amines) is 1. The van der Waals surface area contributed by atoms with Gasteiger partial charge in [0.25, 0.3) is 0 Å². The highest BCUT2D eigenvalue weighted by Gasteiger charge is 2.25. The molecule has 2 atom stereocenters. The molecule has 0 bridgehead atoms. The summed E-state index contributed by atoms with van der Waals surface area (Å²) in [6, 6.07) is 0.532. The Morgan fingerprint density at radius 1 is 1.50 bits per heavy atom. The summed E-state index contributed by atoms with van der Waals surface area (Å²) in [5, 5.41) is 0. The van der Waals surface area contributed by atoms with Crippen LogP contribution >= 0.6 is 0 Å². The predicted octanol–water partition coefficient (Wildman–Crippen LogP) is 1.32. The third-order valence-corrected chi connectivity index (χ3v) is 3.19. The quantitative estimate of drug-likeness (QED) is 0.684. The van der Waals surface area contributed by atoms with Crippen LogP contribution in [-0.2, 0) is 9.53 Å². The molecule has 0 aromatic carbocycles. The van der Waals surface area contributed by atoms with Gasteiger partial charge < -0.3 is 4.74 Å². The van der Waals surface area contributed by atoms with Gasteiger partial charge in [-0.2, -0.15) is 0 Å². The zero-order valence-electron chi connectivity index (χ0n) is 9.45. The van der Waals surface area contributed by atoms with Gasteiger partial charge in [-0.3, -0.25) is 9.69 Å². The van der Waals surface area contributed by atoms with Crippen molar-refractivity contribution < 1.29 is 9.53 Å². The van der Waals surface area contributed by atoms with Crippen molar-refractivity contribution in [3.63, 3.8) is 0 Å². The first-order valence-corrected chi connectivity index (χ1v) is 5.40. The molecule has 0 aliphatic carbocycles. The first-order chi connectivity index (χ1) is 6.65. The first-order valence-electron chi connectivity index (χ1n) is 5.40. The van der Waals surface area contributed by atoms with E-state index in [2.05, 4.69) is 18.7 Å². The van der Waals surface area contributed by atoms with Crippen LogP contribution in [-0.4, -0.2) is 43.5 Å². The second-order valence-electron chi connectivity index (χ2n) is 4.30. The number of hydrogen-bond acceptors (Lipinski definition) is 3. The molecule has 1 rings (SSSR count). The lowest BCUT2D eigenvalue weighted by Crippen LogP contribution is -2.45. The van der Waals surface area contributed by atoms with Crippen molar-refractivity contribution in [2.75, 3.05) is 26.8 Å². The van der Waals surface area contributed by atoms with Crippen LogP contribution in [0.1, 0.15) is 26.7 Å². The summed E-state index contributed by atoms with van der Waals surface area (Å²) in [6.07, 6.45) is 2.50. The fourth-order valence-corrected chi connectivity index (χ4v) is 2.08. The third kappa shape index (κ3) is 3.07. The Morgan fingerprint density at radius 2 is 2.21 bits per heavy atom. The fourth-order valence-electron chi connectivity index (χ4n) is 2.08. The molecule has 1 aliphatic heterocycles. The topological polar surface area (TPSA) is 29.5 Å². The molecule has 0 aromatic rings. The number of nitrogens with zero attached hydrogens (tertiary/aromatic N) is 1. The molecular weight excluding hydrogens is 178 g/mol. The maximum absolute atomic E-state index is 11.4. The van der Waals surface area contributed by atoms with Crippen molar-refractivity contribution in [2.24, 2.45) is 5.92 Å². The molecule has 14 heavy (non-hydrogen) atoms. The largest absolute Gasteiger partial charge is 0.377 e. The number of piperidine rings is 1. The molecule has 2 unspecified atom stereocenters. The van der Waals surface area contributed by atoms with E-state index in [9.17, 15) is 4.79 Å². The summed E-state index contributed by atoms with van der Waals surface area (Å²) < 4.78 is 4.83. The van der Waals surface area contributed by atoms with Crippen LogP contribution in [0.25, 0.3) is 0 Å². The van der Waals surface area contributed by atoms with E-state index in [1.54, 1.807) is 7.11 Å². The van der Waals surface area contributed by atoms with Gasteiger partial charge >= 0.3 is 0 Å². The Kier molecular flexibility index (Phi) is 4.55. The summed E-state index contributed by atoms with van der Waals surface area (Å²) in [5.74, 6) is 0.896. The highest BCUT2D eigenvalue weighted by molar-refractivity contribution is 5.81. The fraction of sp³-hybridized carbons (Fsp3) is 0.909. The standard InChI is InChI=1S/C11H21NO2/c1-9-5-4-6-12(10(9)2)7-11(13)8-14-3/h9-10H,4-8H2,1-3H3. The zero-order chi connectivity index (χ0) is 10.6. The molecule has 1 saturated heterocycles. The smallest absolute Gasteiger partial charge is 0.172 e. The molecular formula is C11H21NO2. The summed E-state index contributed by atoms with van der Waals surface area (Å²) in [6.45, 7) is 6.33. The highest BCUT2D eigenvalue weighted by atomic mass is 16.5. The van der Waals surface area contributed by atoms with E-state index in [1.807, 2.05) is 0 Å². The van der Waals surface area contributed by atoms with Crippen LogP contribution in [0.15, 0.2) is 0 Å². The number of hydrogen-bond donors (Lipinski definition) is 0.